The van der Waals surface area contributed by atoms with Gasteiger partial charge in [0.2, 0.25) is 5.91 Å². The van der Waals surface area contributed by atoms with Gasteiger partial charge in [-0.15, -0.1) is 0 Å². The van der Waals surface area contributed by atoms with E-state index in [0.29, 0.717) is 13.0 Å². The maximum atomic E-state index is 11.9. The molecule has 0 unspecified atom stereocenters. The summed E-state index contributed by atoms with van der Waals surface area (Å²) < 4.78 is 0. The van der Waals surface area contributed by atoms with Crippen LogP contribution in [0.4, 0.5) is 10.5 Å². The maximum absolute atomic E-state index is 11.9. The van der Waals surface area contributed by atoms with Crippen molar-refractivity contribution in [3.8, 4) is 0 Å². The van der Waals surface area contributed by atoms with Crippen LogP contribution in [0.15, 0.2) is 30.5 Å². The number of hydrogen-bond donors (Lipinski definition) is 1. The zero-order valence-corrected chi connectivity index (χ0v) is 13.1. The van der Waals surface area contributed by atoms with Gasteiger partial charge in [-0.2, -0.15) is 0 Å². The number of imide groups is 1. The van der Waals surface area contributed by atoms with E-state index in [1.165, 1.54) is 0 Å². The van der Waals surface area contributed by atoms with Crippen LogP contribution in [-0.4, -0.2) is 37.5 Å². The SMILES string of the molecule is CC.CN(C)/C=C\c1ccccc1N1CCC(=O)NC1=O. The topological polar surface area (TPSA) is 52.6 Å². The van der Waals surface area contributed by atoms with Gasteiger partial charge in [0.05, 0.1) is 5.69 Å². The summed E-state index contributed by atoms with van der Waals surface area (Å²) in [7, 11) is 3.87. The summed E-state index contributed by atoms with van der Waals surface area (Å²) in [6, 6.07) is 7.27. The molecule has 1 aliphatic rings. The molecule has 114 valence electrons. The molecule has 1 fully saturated rings. The minimum Gasteiger partial charge on any atom is -0.383 e. The lowest BCUT2D eigenvalue weighted by atomic mass is 10.1. The minimum atomic E-state index is -0.359. The van der Waals surface area contributed by atoms with Gasteiger partial charge in [0.25, 0.3) is 0 Å². The molecule has 3 amide bonds. The monoisotopic (exact) mass is 289 g/mol. The Hall–Kier alpha value is -2.30. The molecule has 1 aromatic rings. The molecule has 0 saturated carbocycles. The van der Waals surface area contributed by atoms with Crippen molar-refractivity contribution in [1.82, 2.24) is 10.2 Å². The van der Waals surface area contributed by atoms with Gasteiger partial charge in [-0.3, -0.25) is 15.0 Å². The molecule has 0 bridgehead atoms. The third-order valence-electron chi connectivity index (χ3n) is 2.83. The maximum Gasteiger partial charge on any atom is 0.328 e. The van der Waals surface area contributed by atoms with Crippen LogP contribution < -0.4 is 10.2 Å². The van der Waals surface area contributed by atoms with Gasteiger partial charge in [0.15, 0.2) is 0 Å². The quantitative estimate of drug-likeness (QED) is 0.931. The summed E-state index contributed by atoms with van der Waals surface area (Å²) in [5.74, 6) is -0.220. The number of amides is 3. The van der Waals surface area contributed by atoms with Gasteiger partial charge >= 0.3 is 6.03 Å². The molecule has 1 N–H and O–H groups in total. The van der Waals surface area contributed by atoms with Gasteiger partial charge in [0, 0.05) is 27.1 Å². The van der Waals surface area contributed by atoms with Crippen molar-refractivity contribution in [2.75, 3.05) is 25.5 Å². The van der Waals surface area contributed by atoms with Crippen LogP contribution in [0.1, 0.15) is 25.8 Å². The summed E-state index contributed by atoms with van der Waals surface area (Å²) >= 11 is 0. The van der Waals surface area contributed by atoms with E-state index < -0.39 is 0 Å². The van der Waals surface area contributed by atoms with Crippen molar-refractivity contribution < 1.29 is 9.59 Å². The highest BCUT2D eigenvalue weighted by molar-refractivity contribution is 6.06. The highest BCUT2D eigenvalue weighted by atomic mass is 16.2. The van der Waals surface area contributed by atoms with Gasteiger partial charge in [-0.1, -0.05) is 32.0 Å². The number of urea groups is 1. The van der Waals surface area contributed by atoms with E-state index in [0.717, 1.165) is 11.3 Å². The molecule has 1 heterocycles. The smallest absolute Gasteiger partial charge is 0.328 e. The lowest BCUT2D eigenvalue weighted by molar-refractivity contribution is -0.120. The van der Waals surface area contributed by atoms with Gasteiger partial charge in [-0.25, -0.2) is 4.79 Å². The fourth-order valence-corrected chi connectivity index (χ4v) is 1.90. The lowest BCUT2D eigenvalue weighted by Crippen LogP contribution is -2.49. The fraction of sp³-hybridized carbons (Fsp3) is 0.375. The van der Waals surface area contributed by atoms with Crippen LogP contribution in [0.5, 0.6) is 0 Å². The van der Waals surface area contributed by atoms with E-state index in [2.05, 4.69) is 5.32 Å². The number of para-hydroxylation sites is 1. The highest BCUT2D eigenvalue weighted by Crippen LogP contribution is 2.23. The van der Waals surface area contributed by atoms with Crippen molar-refractivity contribution >= 4 is 23.7 Å². The molecule has 1 aromatic carbocycles. The van der Waals surface area contributed by atoms with E-state index >= 15 is 0 Å². The summed E-state index contributed by atoms with van der Waals surface area (Å²) in [5.41, 5.74) is 1.76. The Kier molecular flexibility index (Phi) is 6.46. The van der Waals surface area contributed by atoms with Gasteiger partial charge < -0.3 is 4.90 Å². The van der Waals surface area contributed by atoms with E-state index in [4.69, 9.17) is 0 Å². The third kappa shape index (κ3) is 4.63. The Balaban J connectivity index is 0.00000106. The summed E-state index contributed by atoms with van der Waals surface area (Å²) in [4.78, 5) is 26.5. The standard InChI is InChI=1S/C14H17N3O2.C2H6/c1-16(2)9-7-11-5-3-4-6-12(11)17-10-8-13(18)15-14(17)19;1-2/h3-7,9H,8,10H2,1-2H3,(H,15,18,19);1-2H3/b9-7-;. The molecule has 1 aliphatic heterocycles. The molecular weight excluding hydrogens is 266 g/mol. The zero-order chi connectivity index (χ0) is 15.8. The third-order valence-corrected chi connectivity index (χ3v) is 2.83. The first kappa shape index (κ1) is 16.8. The molecule has 0 spiro atoms. The molecular formula is C16H23N3O2. The van der Waals surface area contributed by atoms with Crippen molar-refractivity contribution in [3.05, 3.63) is 36.0 Å². The fourth-order valence-electron chi connectivity index (χ4n) is 1.90. The molecule has 5 heteroatoms. The summed E-state index contributed by atoms with van der Waals surface area (Å²) in [6.45, 7) is 4.41. The Labute approximate surface area is 126 Å². The van der Waals surface area contributed by atoms with Crippen molar-refractivity contribution in [2.45, 2.75) is 20.3 Å². The van der Waals surface area contributed by atoms with Crippen LogP contribution in [0.2, 0.25) is 0 Å². The number of nitrogens with zero attached hydrogens (tertiary/aromatic N) is 2. The predicted molar refractivity (Wildman–Crippen MR) is 86.0 cm³/mol. The van der Waals surface area contributed by atoms with Gasteiger partial charge in [0.1, 0.15) is 0 Å². The summed E-state index contributed by atoms with van der Waals surface area (Å²) in [6.07, 6.45) is 4.20. The number of nitrogens with one attached hydrogen (secondary N) is 1. The number of rotatable bonds is 3. The van der Waals surface area contributed by atoms with Crippen LogP contribution in [-0.2, 0) is 4.79 Å². The second kappa shape index (κ2) is 8.09. The molecule has 0 atom stereocenters. The number of anilines is 1. The van der Waals surface area contributed by atoms with E-state index in [9.17, 15) is 9.59 Å². The number of carbonyl (C=O) groups is 2. The van der Waals surface area contributed by atoms with Crippen molar-refractivity contribution in [2.24, 2.45) is 0 Å². The number of carbonyl (C=O) groups excluding carboxylic acids is 2. The molecule has 0 aromatic heterocycles. The second-order valence-electron chi connectivity index (χ2n) is 4.59. The van der Waals surface area contributed by atoms with Crippen LogP contribution in [0.25, 0.3) is 6.08 Å². The molecule has 5 nitrogen and oxygen atoms in total. The van der Waals surface area contributed by atoms with Crippen molar-refractivity contribution in [3.63, 3.8) is 0 Å². The second-order valence-corrected chi connectivity index (χ2v) is 4.59. The first-order valence-electron chi connectivity index (χ1n) is 7.13. The largest absolute Gasteiger partial charge is 0.383 e. The predicted octanol–water partition coefficient (Wildman–Crippen LogP) is 2.69. The average Bonchev–Trinajstić information content (AvgIpc) is 2.48. The van der Waals surface area contributed by atoms with E-state index in [1.807, 2.05) is 69.4 Å². The summed E-state index contributed by atoms with van der Waals surface area (Å²) in [5, 5.41) is 2.33. The number of benzene rings is 1. The van der Waals surface area contributed by atoms with Gasteiger partial charge in [-0.05, 0) is 23.9 Å². The van der Waals surface area contributed by atoms with Crippen LogP contribution in [0, 0.1) is 0 Å². The van der Waals surface area contributed by atoms with E-state index in [-0.39, 0.29) is 11.9 Å². The minimum absolute atomic E-state index is 0.220. The normalized spacial score (nSPS) is 14.6. The molecule has 0 radical (unpaired) electrons. The van der Waals surface area contributed by atoms with Crippen LogP contribution in [0.3, 0.4) is 0 Å². The highest BCUT2D eigenvalue weighted by Gasteiger charge is 2.25. The molecule has 1 saturated heterocycles. The zero-order valence-electron chi connectivity index (χ0n) is 13.1. The first-order chi connectivity index (χ1) is 10.1. The Morgan fingerprint density at radius 3 is 2.48 bits per heavy atom. The van der Waals surface area contributed by atoms with E-state index in [1.54, 1.807) is 4.90 Å². The molecule has 2 rings (SSSR count). The lowest BCUT2D eigenvalue weighted by Gasteiger charge is -2.27. The van der Waals surface area contributed by atoms with Crippen LogP contribution >= 0.6 is 0 Å². The molecule has 21 heavy (non-hydrogen) atoms. The Morgan fingerprint density at radius 2 is 1.86 bits per heavy atom. The Bertz CT molecular complexity index is 524. The Morgan fingerprint density at radius 1 is 1.19 bits per heavy atom. The number of hydrogen-bond acceptors (Lipinski definition) is 3. The molecule has 0 aliphatic carbocycles. The van der Waals surface area contributed by atoms with Crippen molar-refractivity contribution in [1.29, 1.82) is 0 Å². The first-order valence-corrected chi connectivity index (χ1v) is 7.13. The average molecular weight is 289 g/mol.